The van der Waals surface area contributed by atoms with Crippen LogP contribution in [0.25, 0.3) is 0 Å². The van der Waals surface area contributed by atoms with E-state index < -0.39 is 0 Å². The molecule has 5 N–H and O–H groups in total. The van der Waals surface area contributed by atoms with Crippen molar-refractivity contribution >= 4 is 35.7 Å². The zero-order chi connectivity index (χ0) is 13.4. The number of halogens is 1. The lowest BCUT2D eigenvalue weighted by atomic mass is 10.2. The zero-order valence-electron chi connectivity index (χ0n) is 10.7. The molecule has 0 fully saturated rings. The molecular formula is C12H19ClN4O2. The number of hydrogen-bond acceptors (Lipinski definition) is 3. The number of anilines is 2. The summed E-state index contributed by atoms with van der Waals surface area (Å²) in [4.78, 5) is 22.7. The van der Waals surface area contributed by atoms with Crippen molar-refractivity contribution in [1.82, 2.24) is 5.32 Å². The van der Waals surface area contributed by atoms with Crippen molar-refractivity contribution in [3.8, 4) is 0 Å². The summed E-state index contributed by atoms with van der Waals surface area (Å²) in [5.41, 5.74) is 6.53. The van der Waals surface area contributed by atoms with Crippen molar-refractivity contribution in [2.24, 2.45) is 5.73 Å². The molecule has 0 heterocycles. The zero-order valence-corrected chi connectivity index (χ0v) is 11.5. The molecule has 1 aromatic carbocycles. The number of benzene rings is 1. The number of urea groups is 1. The Balaban J connectivity index is 0.00000324. The van der Waals surface area contributed by atoms with Crippen LogP contribution in [-0.2, 0) is 4.79 Å². The summed E-state index contributed by atoms with van der Waals surface area (Å²) in [6.07, 6.45) is 0.272. The Morgan fingerprint density at radius 2 is 1.84 bits per heavy atom. The third-order valence-electron chi connectivity index (χ3n) is 2.11. The maximum Gasteiger partial charge on any atom is 0.319 e. The van der Waals surface area contributed by atoms with Gasteiger partial charge >= 0.3 is 6.03 Å². The van der Waals surface area contributed by atoms with Gasteiger partial charge in [0.1, 0.15) is 0 Å². The van der Waals surface area contributed by atoms with Gasteiger partial charge in [-0.25, -0.2) is 4.79 Å². The second-order valence-electron chi connectivity index (χ2n) is 3.65. The van der Waals surface area contributed by atoms with Gasteiger partial charge in [-0.2, -0.15) is 0 Å². The van der Waals surface area contributed by atoms with E-state index in [9.17, 15) is 9.59 Å². The number of amides is 3. The van der Waals surface area contributed by atoms with Crippen LogP contribution in [0.2, 0.25) is 0 Å². The summed E-state index contributed by atoms with van der Waals surface area (Å²) in [5.74, 6) is -0.146. The van der Waals surface area contributed by atoms with E-state index in [1.165, 1.54) is 0 Å². The first kappa shape index (κ1) is 17.2. The van der Waals surface area contributed by atoms with Crippen molar-refractivity contribution in [2.75, 3.05) is 23.7 Å². The summed E-state index contributed by atoms with van der Waals surface area (Å²) >= 11 is 0. The molecule has 0 aliphatic heterocycles. The largest absolute Gasteiger partial charge is 0.338 e. The fraction of sp³-hybridized carbons (Fsp3) is 0.333. The summed E-state index contributed by atoms with van der Waals surface area (Å²) in [7, 11) is 0. The molecule has 0 saturated heterocycles. The van der Waals surface area contributed by atoms with E-state index in [2.05, 4.69) is 16.0 Å². The van der Waals surface area contributed by atoms with Crippen LogP contribution in [0.1, 0.15) is 13.3 Å². The van der Waals surface area contributed by atoms with Crippen LogP contribution in [-0.4, -0.2) is 25.0 Å². The predicted molar refractivity (Wildman–Crippen MR) is 78.7 cm³/mol. The molecule has 0 aliphatic carbocycles. The standard InChI is InChI=1S/C12H18N4O2.ClH/c1-2-14-12(18)16-10-5-3-4-9(8-10)15-11(17)6-7-13;/h3-5,8H,2,6-7,13H2,1H3,(H,15,17)(H2,14,16,18);1H. The van der Waals surface area contributed by atoms with Crippen LogP contribution >= 0.6 is 12.4 Å². The number of nitrogens with one attached hydrogen (secondary N) is 3. The molecule has 6 nitrogen and oxygen atoms in total. The molecule has 0 atom stereocenters. The smallest absolute Gasteiger partial charge is 0.319 e. The first-order valence-corrected chi connectivity index (χ1v) is 5.80. The highest BCUT2D eigenvalue weighted by Gasteiger charge is 2.03. The maximum atomic E-state index is 11.4. The minimum atomic E-state index is -0.275. The van der Waals surface area contributed by atoms with Crippen molar-refractivity contribution in [3.05, 3.63) is 24.3 Å². The lowest BCUT2D eigenvalue weighted by Gasteiger charge is -2.08. The Bertz CT molecular complexity index is 391. The number of carbonyl (C=O) groups is 2. The van der Waals surface area contributed by atoms with Gasteiger partial charge in [0.2, 0.25) is 5.91 Å². The number of hydrogen-bond donors (Lipinski definition) is 4. The average Bonchev–Trinajstić information content (AvgIpc) is 2.29. The first-order chi connectivity index (χ1) is 8.65. The fourth-order valence-corrected chi connectivity index (χ4v) is 1.37. The van der Waals surface area contributed by atoms with Crippen LogP contribution in [0.5, 0.6) is 0 Å². The lowest BCUT2D eigenvalue weighted by Crippen LogP contribution is -2.28. The quantitative estimate of drug-likeness (QED) is 0.661. The molecule has 106 valence electrons. The number of nitrogens with two attached hydrogens (primary N) is 1. The van der Waals surface area contributed by atoms with E-state index in [-0.39, 0.29) is 30.8 Å². The molecule has 7 heteroatoms. The molecule has 3 amide bonds. The Labute approximate surface area is 118 Å². The highest BCUT2D eigenvalue weighted by atomic mass is 35.5. The Morgan fingerprint density at radius 3 is 2.42 bits per heavy atom. The van der Waals surface area contributed by atoms with Crippen LogP contribution in [0.3, 0.4) is 0 Å². The molecule has 0 aliphatic rings. The van der Waals surface area contributed by atoms with Gasteiger partial charge in [-0.1, -0.05) is 6.07 Å². The Morgan fingerprint density at radius 1 is 1.21 bits per heavy atom. The minimum absolute atomic E-state index is 0. The third kappa shape index (κ3) is 6.64. The molecule has 1 aromatic rings. The van der Waals surface area contributed by atoms with Crippen molar-refractivity contribution in [3.63, 3.8) is 0 Å². The summed E-state index contributed by atoms with van der Waals surface area (Å²) in [5, 5.41) is 7.98. The summed E-state index contributed by atoms with van der Waals surface area (Å²) in [6.45, 7) is 2.70. The van der Waals surface area contributed by atoms with E-state index >= 15 is 0 Å². The molecular weight excluding hydrogens is 268 g/mol. The normalized spacial score (nSPS) is 9.16. The van der Waals surface area contributed by atoms with Crippen LogP contribution < -0.4 is 21.7 Å². The van der Waals surface area contributed by atoms with E-state index in [1.807, 2.05) is 6.92 Å². The SMILES string of the molecule is CCNC(=O)Nc1cccc(NC(=O)CCN)c1.Cl. The highest BCUT2D eigenvalue weighted by Crippen LogP contribution is 2.15. The van der Waals surface area contributed by atoms with Gasteiger partial charge in [-0.05, 0) is 25.1 Å². The second kappa shape index (κ2) is 9.18. The van der Waals surface area contributed by atoms with E-state index in [4.69, 9.17) is 5.73 Å². The second-order valence-corrected chi connectivity index (χ2v) is 3.65. The van der Waals surface area contributed by atoms with Gasteiger partial charge < -0.3 is 21.7 Å². The van der Waals surface area contributed by atoms with E-state index in [0.717, 1.165) is 0 Å². The van der Waals surface area contributed by atoms with Gasteiger partial charge in [0.15, 0.2) is 0 Å². The molecule has 0 aromatic heterocycles. The molecule has 0 radical (unpaired) electrons. The number of rotatable bonds is 5. The maximum absolute atomic E-state index is 11.4. The molecule has 0 spiro atoms. The molecule has 1 rings (SSSR count). The van der Waals surface area contributed by atoms with E-state index in [0.29, 0.717) is 24.5 Å². The van der Waals surface area contributed by atoms with Crippen LogP contribution in [0.4, 0.5) is 16.2 Å². The van der Waals surface area contributed by atoms with Gasteiger partial charge in [-0.15, -0.1) is 12.4 Å². The van der Waals surface area contributed by atoms with Crippen LogP contribution in [0, 0.1) is 0 Å². The average molecular weight is 287 g/mol. The minimum Gasteiger partial charge on any atom is -0.338 e. The van der Waals surface area contributed by atoms with Gasteiger partial charge in [0.25, 0.3) is 0 Å². The van der Waals surface area contributed by atoms with Gasteiger partial charge in [-0.3, -0.25) is 4.79 Å². The highest BCUT2D eigenvalue weighted by molar-refractivity contribution is 5.93. The molecule has 19 heavy (non-hydrogen) atoms. The molecule has 0 bridgehead atoms. The fourth-order valence-electron chi connectivity index (χ4n) is 1.37. The summed E-state index contributed by atoms with van der Waals surface area (Å²) in [6, 6.07) is 6.65. The Hall–Kier alpha value is -1.79. The topological polar surface area (TPSA) is 96.2 Å². The summed E-state index contributed by atoms with van der Waals surface area (Å²) < 4.78 is 0. The molecule has 0 saturated carbocycles. The number of carbonyl (C=O) groups excluding carboxylic acids is 2. The van der Waals surface area contributed by atoms with Gasteiger partial charge in [0, 0.05) is 30.9 Å². The van der Waals surface area contributed by atoms with Crippen molar-refractivity contribution in [2.45, 2.75) is 13.3 Å². The Kier molecular flexibility index (Phi) is 8.32. The van der Waals surface area contributed by atoms with Crippen molar-refractivity contribution in [1.29, 1.82) is 0 Å². The lowest BCUT2D eigenvalue weighted by molar-refractivity contribution is -0.116. The third-order valence-corrected chi connectivity index (χ3v) is 2.11. The van der Waals surface area contributed by atoms with E-state index in [1.54, 1.807) is 24.3 Å². The van der Waals surface area contributed by atoms with Crippen molar-refractivity contribution < 1.29 is 9.59 Å². The predicted octanol–water partition coefficient (Wildman–Crippen LogP) is 1.54. The molecule has 0 unspecified atom stereocenters. The first-order valence-electron chi connectivity index (χ1n) is 5.80. The monoisotopic (exact) mass is 286 g/mol. The van der Waals surface area contributed by atoms with Gasteiger partial charge in [0.05, 0.1) is 0 Å². The van der Waals surface area contributed by atoms with Crippen LogP contribution in [0.15, 0.2) is 24.3 Å².